The molecular weight excluding hydrogens is 316 g/mol. The van der Waals surface area contributed by atoms with E-state index in [1.165, 1.54) is 69.8 Å². The van der Waals surface area contributed by atoms with E-state index in [1.54, 1.807) is 5.56 Å². The molecule has 2 aromatic carbocycles. The SMILES string of the molecule is O=Cc1ccc(C2CCCCC2)cc1.c1ccc(C2CCCCC2)cc1. The highest BCUT2D eigenvalue weighted by molar-refractivity contribution is 5.74. The molecule has 2 aliphatic carbocycles. The van der Waals surface area contributed by atoms with Crippen LogP contribution >= 0.6 is 0 Å². The summed E-state index contributed by atoms with van der Waals surface area (Å²) < 4.78 is 0. The fourth-order valence-electron chi connectivity index (χ4n) is 4.44. The third kappa shape index (κ3) is 5.56. The second kappa shape index (κ2) is 10.3. The van der Waals surface area contributed by atoms with E-state index in [-0.39, 0.29) is 0 Å². The molecule has 2 saturated carbocycles. The predicted octanol–water partition coefficient (Wildman–Crippen LogP) is 7.28. The van der Waals surface area contributed by atoms with Gasteiger partial charge in [0.15, 0.2) is 0 Å². The average Bonchev–Trinajstić information content (AvgIpc) is 2.76. The van der Waals surface area contributed by atoms with Gasteiger partial charge >= 0.3 is 0 Å². The minimum Gasteiger partial charge on any atom is -0.298 e. The van der Waals surface area contributed by atoms with Gasteiger partial charge < -0.3 is 0 Å². The van der Waals surface area contributed by atoms with Gasteiger partial charge in [-0.2, -0.15) is 0 Å². The van der Waals surface area contributed by atoms with Crippen molar-refractivity contribution in [3.05, 3.63) is 71.3 Å². The van der Waals surface area contributed by atoms with Crippen molar-refractivity contribution in [3.63, 3.8) is 0 Å². The first kappa shape index (κ1) is 18.9. The summed E-state index contributed by atoms with van der Waals surface area (Å²) in [6, 6.07) is 19.0. The maximum atomic E-state index is 10.5. The minimum absolute atomic E-state index is 0.740. The number of carbonyl (C=O) groups excluding carboxylic acids is 1. The number of carbonyl (C=O) groups is 1. The smallest absolute Gasteiger partial charge is 0.150 e. The Morgan fingerprint density at radius 3 is 1.50 bits per heavy atom. The Kier molecular flexibility index (Phi) is 7.49. The number of hydrogen-bond acceptors (Lipinski definition) is 1. The van der Waals surface area contributed by atoms with E-state index >= 15 is 0 Å². The van der Waals surface area contributed by atoms with Gasteiger partial charge in [0.1, 0.15) is 6.29 Å². The molecule has 0 radical (unpaired) electrons. The van der Waals surface area contributed by atoms with Crippen molar-refractivity contribution in [1.29, 1.82) is 0 Å². The molecular formula is C25H32O. The van der Waals surface area contributed by atoms with Crippen molar-refractivity contribution < 1.29 is 4.79 Å². The Bertz CT molecular complexity index is 632. The highest BCUT2D eigenvalue weighted by atomic mass is 16.1. The van der Waals surface area contributed by atoms with Crippen molar-refractivity contribution in [1.82, 2.24) is 0 Å². The Hall–Kier alpha value is -1.89. The Labute approximate surface area is 158 Å². The van der Waals surface area contributed by atoms with Gasteiger partial charge in [0.2, 0.25) is 0 Å². The van der Waals surface area contributed by atoms with Crippen LogP contribution in [0, 0.1) is 0 Å². The Morgan fingerprint density at radius 2 is 1.04 bits per heavy atom. The van der Waals surface area contributed by atoms with Gasteiger partial charge in [-0.3, -0.25) is 4.79 Å². The lowest BCUT2D eigenvalue weighted by Gasteiger charge is -2.21. The maximum absolute atomic E-state index is 10.5. The minimum atomic E-state index is 0.740. The van der Waals surface area contributed by atoms with Crippen molar-refractivity contribution in [2.45, 2.75) is 76.0 Å². The van der Waals surface area contributed by atoms with Gasteiger partial charge in [-0.05, 0) is 48.6 Å². The third-order valence-corrected chi connectivity index (χ3v) is 6.03. The molecule has 26 heavy (non-hydrogen) atoms. The van der Waals surface area contributed by atoms with Crippen molar-refractivity contribution in [2.24, 2.45) is 0 Å². The lowest BCUT2D eigenvalue weighted by atomic mass is 9.84. The van der Waals surface area contributed by atoms with Crippen LogP contribution in [0.5, 0.6) is 0 Å². The van der Waals surface area contributed by atoms with E-state index in [0.29, 0.717) is 0 Å². The molecule has 2 aliphatic rings. The van der Waals surface area contributed by atoms with Gasteiger partial charge in [-0.15, -0.1) is 0 Å². The molecule has 138 valence electrons. The summed E-state index contributed by atoms with van der Waals surface area (Å²) in [6.45, 7) is 0. The van der Waals surface area contributed by atoms with Crippen LogP contribution in [-0.4, -0.2) is 6.29 Å². The Morgan fingerprint density at radius 1 is 0.577 bits per heavy atom. The van der Waals surface area contributed by atoms with Crippen LogP contribution in [0.3, 0.4) is 0 Å². The highest BCUT2D eigenvalue weighted by Crippen LogP contribution is 2.33. The van der Waals surface area contributed by atoms with E-state index < -0.39 is 0 Å². The van der Waals surface area contributed by atoms with Crippen molar-refractivity contribution in [3.8, 4) is 0 Å². The predicted molar refractivity (Wildman–Crippen MR) is 110 cm³/mol. The lowest BCUT2D eigenvalue weighted by Crippen LogP contribution is -2.04. The molecule has 0 aromatic heterocycles. The van der Waals surface area contributed by atoms with E-state index in [1.807, 2.05) is 12.1 Å². The number of hydrogen-bond donors (Lipinski definition) is 0. The fourth-order valence-corrected chi connectivity index (χ4v) is 4.44. The molecule has 0 spiro atoms. The summed E-state index contributed by atoms with van der Waals surface area (Å²) >= 11 is 0. The fraction of sp³-hybridized carbons (Fsp3) is 0.480. The molecule has 0 amide bonds. The maximum Gasteiger partial charge on any atom is 0.150 e. The van der Waals surface area contributed by atoms with Gasteiger partial charge in [0.05, 0.1) is 0 Å². The van der Waals surface area contributed by atoms with Crippen LogP contribution < -0.4 is 0 Å². The van der Waals surface area contributed by atoms with E-state index in [4.69, 9.17) is 0 Å². The topological polar surface area (TPSA) is 17.1 Å². The van der Waals surface area contributed by atoms with Crippen LogP contribution in [0.25, 0.3) is 0 Å². The average molecular weight is 349 g/mol. The van der Waals surface area contributed by atoms with E-state index in [9.17, 15) is 4.79 Å². The number of benzene rings is 2. The zero-order valence-corrected chi connectivity index (χ0v) is 15.9. The summed E-state index contributed by atoms with van der Waals surface area (Å²) in [5, 5.41) is 0. The lowest BCUT2D eigenvalue weighted by molar-refractivity contribution is 0.112. The standard InChI is InChI=1S/C13H16O.C12H16/c14-10-11-6-8-13(9-7-11)12-4-2-1-3-5-12;1-3-7-11(8-4-1)12-9-5-2-6-10-12/h6-10,12H,1-5H2;1,3-4,7-8,12H,2,5-6,9-10H2. The second-order valence-electron chi connectivity index (χ2n) is 7.87. The third-order valence-electron chi connectivity index (χ3n) is 6.03. The second-order valence-corrected chi connectivity index (χ2v) is 7.87. The van der Waals surface area contributed by atoms with E-state index in [2.05, 4.69) is 42.5 Å². The molecule has 0 atom stereocenters. The number of rotatable bonds is 3. The van der Waals surface area contributed by atoms with Crippen LogP contribution in [0.1, 0.15) is 97.5 Å². The monoisotopic (exact) mass is 348 g/mol. The quantitative estimate of drug-likeness (QED) is 0.533. The zero-order valence-electron chi connectivity index (χ0n) is 15.9. The molecule has 0 heterocycles. The van der Waals surface area contributed by atoms with Crippen LogP contribution in [0.15, 0.2) is 54.6 Å². The first-order valence-electron chi connectivity index (χ1n) is 10.5. The molecule has 0 bridgehead atoms. The summed E-state index contributed by atoms with van der Waals surface area (Å²) in [7, 11) is 0. The van der Waals surface area contributed by atoms with Crippen molar-refractivity contribution >= 4 is 6.29 Å². The van der Waals surface area contributed by atoms with Crippen LogP contribution in [0.4, 0.5) is 0 Å². The van der Waals surface area contributed by atoms with E-state index in [0.717, 1.165) is 23.7 Å². The van der Waals surface area contributed by atoms with Crippen LogP contribution in [-0.2, 0) is 0 Å². The van der Waals surface area contributed by atoms with Gasteiger partial charge in [-0.1, -0.05) is 93.1 Å². The first-order valence-corrected chi connectivity index (χ1v) is 10.5. The molecule has 2 fully saturated rings. The Balaban J connectivity index is 0.000000152. The van der Waals surface area contributed by atoms with Gasteiger partial charge in [-0.25, -0.2) is 0 Å². The molecule has 0 saturated heterocycles. The van der Waals surface area contributed by atoms with Crippen LogP contribution in [0.2, 0.25) is 0 Å². The first-order chi connectivity index (χ1) is 12.9. The summed E-state index contributed by atoms with van der Waals surface area (Å²) in [6.07, 6.45) is 14.8. The summed E-state index contributed by atoms with van der Waals surface area (Å²) in [5.41, 5.74) is 3.75. The zero-order chi connectivity index (χ0) is 18.0. The molecule has 0 N–H and O–H groups in total. The molecule has 2 aromatic rings. The summed E-state index contributed by atoms with van der Waals surface area (Å²) in [5.74, 6) is 1.60. The molecule has 1 heteroatoms. The number of aldehydes is 1. The van der Waals surface area contributed by atoms with Gasteiger partial charge in [0.25, 0.3) is 0 Å². The summed E-state index contributed by atoms with van der Waals surface area (Å²) in [4.78, 5) is 10.5. The largest absolute Gasteiger partial charge is 0.298 e. The van der Waals surface area contributed by atoms with Gasteiger partial charge in [0, 0.05) is 5.56 Å². The normalized spacial score (nSPS) is 18.6. The highest BCUT2D eigenvalue weighted by Gasteiger charge is 2.15. The molecule has 0 unspecified atom stereocenters. The molecule has 1 nitrogen and oxygen atoms in total. The molecule has 4 rings (SSSR count). The van der Waals surface area contributed by atoms with Crippen molar-refractivity contribution in [2.75, 3.05) is 0 Å². The molecule has 0 aliphatic heterocycles.